The van der Waals surface area contributed by atoms with Gasteiger partial charge in [0.05, 0.1) is 23.7 Å². The lowest BCUT2D eigenvalue weighted by Gasteiger charge is -2.11. The third kappa shape index (κ3) is 3.17. The van der Waals surface area contributed by atoms with Crippen LogP contribution < -0.4 is 0 Å². The van der Waals surface area contributed by atoms with Crippen LogP contribution in [0.15, 0.2) is 83.9 Å². The Hall–Kier alpha value is -3.53. The highest BCUT2D eigenvalue weighted by atomic mass is 16.4. The van der Waals surface area contributed by atoms with Crippen molar-refractivity contribution in [1.82, 2.24) is 0 Å². The number of carboxylic acid groups (broad SMARTS) is 1. The number of rotatable bonds is 4. The van der Waals surface area contributed by atoms with Crippen molar-refractivity contribution < 1.29 is 14.7 Å². The topological polar surface area (TPSA) is 66.7 Å². The molecule has 132 valence electrons. The third-order valence-corrected chi connectivity index (χ3v) is 4.77. The van der Waals surface area contributed by atoms with Crippen LogP contribution in [0.4, 0.5) is 0 Å². The maximum atomic E-state index is 13.0. The first-order valence-corrected chi connectivity index (χ1v) is 8.70. The summed E-state index contributed by atoms with van der Waals surface area (Å²) in [4.78, 5) is 28.7. The van der Waals surface area contributed by atoms with Gasteiger partial charge in [0.2, 0.25) is 0 Å². The van der Waals surface area contributed by atoms with Gasteiger partial charge in [-0.3, -0.25) is 9.79 Å². The summed E-state index contributed by atoms with van der Waals surface area (Å²) in [6.45, 7) is 0.389. The molecule has 3 aromatic rings. The summed E-state index contributed by atoms with van der Waals surface area (Å²) in [6, 6.07) is 23.9. The predicted molar refractivity (Wildman–Crippen MR) is 104 cm³/mol. The third-order valence-electron chi connectivity index (χ3n) is 4.77. The molecule has 1 aliphatic carbocycles. The SMILES string of the molecule is O=C(O)c1ccc(CN=C2c3ccccc3C(=O)[C@H]2c2ccccc2)cc1. The molecule has 1 aliphatic rings. The quantitative estimate of drug-likeness (QED) is 0.756. The first-order valence-electron chi connectivity index (χ1n) is 8.70. The minimum absolute atomic E-state index is 0.0665. The van der Waals surface area contributed by atoms with Crippen molar-refractivity contribution in [2.24, 2.45) is 4.99 Å². The van der Waals surface area contributed by atoms with E-state index in [1.165, 1.54) is 0 Å². The molecule has 1 N–H and O–H groups in total. The van der Waals surface area contributed by atoms with Gasteiger partial charge in [0.15, 0.2) is 5.78 Å². The van der Waals surface area contributed by atoms with Crippen molar-refractivity contribution in [3.63, 3.8) is 0 Å². The Morgan fingerprint density at radius 1 is 0.852 bits per heavy atom. The van der Waals surface area contributed by atoms with Crippen molar-refractivity contribution in [2.45, 2.75) is 12.5 Å². The van der Waals surface area contributed by atoms with Gasteiger partial charge in [0.1, 0.15) is 0 Å². The molecule has 0 saturated heterocycles. The van der Waals surface area contributed by atoms with Crippen LogP contribution in [0.2, 0.25) is 0 Å². The predicted octanol–water partition coefficient (Wildman–Crippen LogP) is 4.35. The second-order valence-corrected chi connectivity index (χ2v) is 6.46. The number of ketones is 1. The molecule has 0 amide bonds. The molecule has 3 aromatic carbocycles. The maximum Gasteiger partial charge on any atom is 0.335 e. The fourth-order valence-electron chi connectivity index (χ4n) is 3.42. The van der Waals surface area contributed by atoms with Crippen molar-refractivity contribution in [3.05, 3.63) is 107 Å². The molecule has 0 aliphatic heterocycles. The van der Waals surface area contributed by atoms with E-state index in [9.17, 15) is 9.59 Å². The van der Waals surface area contributed by atoms with Crippen molar-refractivity contribution >= 4 is 17.5 Å². The largest absolute Gasteiger partial charge is 0.478 e. The van der Waals surface area contributed by atoms with Crippen molar-refractivity contribution in [1.29, 1.82) is 0 Å². The van der Waals surface area contributed by atoms with E-state index in [1.54, 1.807) is 24.3 Å². The fraction of sp³-hybridized carbons (Fsp3) is 0.0870. The number of carboxylic acids is 1. The summed E-state index contributed by atoms with van der Waals surface area (Å²) in [7, 11) is 0. The molecule has 0 saturated carbocycles. The molecule has 0 heterocycles. The number of hydrogen-bond acceptors (Lipinski definition) is 3. The van der Waals surface area contributed by atoms with Crippen LogP contribution in [0.1, 0.15) is 43.3 Å². The number of carbonyl (C=O) groups excluding carboxylic acids is 1. The lowest BCUT2D eigenvalue weighted by Crippen LogP contribution is -2.14. The molecule has 0 spiro atoms. The van der Waals surface area contributed by atoms with E-state index in [2.05, 4.69) is 0 Å². The van der Waals surface area contributed by atoms with E-state index >= 15 is 0 Å². The molecule has 4 nitrogen and oxygen atoms in total. The van der Waals surface area contributed by atoms with Gasteiger partial charge in [-0.15, -0.1) is 0 Å². The lowest BCUT2D eigenvalue weighted by molar-refractivity contribution is 0.0696. The standard InChI is InChI=1S/C23H17NO3/c25-22-19-9-5-4-8-18(19)21(20(22)16-6-2-1-3-7-16)24-14-15-10-12-17(13-11-15)23(26)27/h1-13,20H,14H2,(H,26,27)/t20-/m0/s1. The number of aliphatic imine (C=N–C) groups is 1. The molecule has 0 bridgehead atoms. The van der Waals surface area contributed by atoms with Crippen molar-refractivity contribution in [2.75, 3.05) is 0 Å². The van der Waals surface area contributed by atoms with Crippen LogP contribution in [0.25, 0.3) is 0 Å². The molecule has 0 aromatic heterocycles. The van der Waals surface area contributed by atoms with Gasteiger partial charge in [0, 0.05) is 11.1 Å². The number of nitrogens with zero attached hydrogens (tertiary/aromatic N) is 1. The van der Waals surface area contributed by atoms with E-state index in [0.29, 0.717) is 12.1 Å². The van der Waals surface area contributed by atoms with Crippen molar-refractivity contribution in [3.8, 4) is 0 Å². The summed E-state index contributed by atoms with van der Waals surface area (Å²) in [5.74, 6) is -1.29. The summed E-state index contributed by atoms with van der Waals surface area (Å²) in [5, 5.41) is 9.01. The van der Waals surface area contributed by atoms with E-state index < -0.39 is 11.9 Å². The number of aromatic carboxylic acids is 1. The van der Waals surface area contributed by atoms with Crippen LogP contribution >= 0.6 is 0 Å². The summed E-state index contributed by atoms with van der Waals surface area (Å²) >= 11 is 0. The second kappa shape index (κ2) is 7.00. The lowest BCUT2D eigenvalue weighted by atomic mass is 9.93. The Labute approximate surface area is 156 Å². The smallest absolute Gasteiger partial charge is 0.335 e. The van der Waals surface area contributed by atoms with Gasteiger partial charge < -0.3 is 5.11 Å². The molecular formula is C23H17NO3. The number of carbonyl (C=O) groups is 2. The fourth-order valence-corrected chi connectivity index (χ4v) is 3.42. The van der Waals surface area contributed by atoms with Crippen LogP contribution in [-0.2, 0) is 6.54 Å². The van der Waals surface area contributed by atoms with Gasteiger partial charge in [-0.25, -0.2) is 4.79 Å². The van der Waals surface area contributed by atoms with E-state index in [-0.39, 0.29) is 11.3 Å². The number of hydrogen-bond donors (Lipinski definition) is 1. The minimum Gasteiger partial charge on any atom is -0.478 e. The van der Waals surface area contributed by atoms with Crippen LogP contribution in [-0.4, -0.2) is 22.6 Å². The Balaban J connectivity index is 1.72. The van der Waals surface area contributed by atoms with E-state index in [4.69, 9.17) is 10.1 Å². The first-order chi connectivity index (χ1) is 13.1. The van der Waals surface area contributed by atoms with E-state index in [0.717, 1.165) is 22.4 Å². The van der Waals surface area contributed by atoms with Crippen LogP contribution in [0, 0.1) is 0 Å². The normalized spacial score (nSPS) is 17.1. The second-order valence-electron chi connectivity index (χ2n) is 6.46. The highest BCUT2D eigenvalue weighted by Crippen LogP contribution is 2.34. The Kier molecular flexibility index (Phi) is 4.38. The first kappa shape index (κ1) is 16.9. The minimum atomic E-state index is -0.952. The molecule has 0 radical (unpaired) electrons. The van der Waals surface area contributed by atoms with E-state index in [1.807, 2.05) is 54.6 Å². The number of Topliss-reactive ketones (excluding diaryl/α,β-unsaturated/α-hetero) is 1. The average molecular weight is 355 g/mol. The Bertz CT molecular complexity index is 1040. The van der Waals surface area contributed by atoms with Gasteiger partial charge in [-0.1, -0.05) is 66.7 Å². The zero-order valence-electron chi connectivity index (χ0n) is 14.5. The molecule has 27 heavy (non-hydrogen) atoms. The highest BCUT2D eigenvalue weighted by Gasteiger charge is 2.37. The zero-order chi connectivity index (χ0) is 18.8. The van der Waals surface area contributed by atoms with Gasteiger partial charge in [-0.05, 0) is 23.3 Å². The molecular weight excluding hydrogens is 338 g/mol. The summed E-state index contributed by atoms with van der Waals surface area (Å²) in [6.07, 6.45) is 0. The Morgan fingerprint density at radius 3 is 2.15 bits per heavy atom. The van der Waals surface area contributed by atoms with Crippen LogP contribution in [0.5, 0.6) is 0 Å². The monoisotopic (exact) mass is 355 g/mol. The van der Waals surface area contributed by atoms with Gasteiger partial charge in [0.25, 0.3) is 0 Å². The summed E-state index contributed by atoms with van der Waals surface area (Å²) < 4.78 is 0. The number of fused-ring (bicyclic) bond motifs is 1. The Morgan fingerprint density at radius 2 is 1.48 bits per heavy atom. The molecule has 4 heteroatoms. The maximum absolute atomic E-state index is 13.0. The molecule has 1 atom stereocenters. The summed E-state index contributed by atoms with van der Waals surface area (Å²) in [5.41, 5.74) is 4.42. The zero-order valence-corrected chi connectivity index (χ0v) is 14.5. The molecule has 0 unspecified atom stereocenters. The number of benzene rings is 3. The molecule has 0 fully saturated rings. The molecule has 4 rings (SSSR count). The van der Waals surface area contributed by atoms with Crippen LogP contribution in [0.3, 0.4) is 0 Å². The van der Waals surface area contributed by atoms with Gasteiger partial charge >= 0.3 is 5.97 Å². The average Bonchev–Trinajstić information content (AvgIpc) is 2.99. The highest BCUT2D eigenvalue weighted by molar-refractivity contribution is 6.31. The van der Waals surface area contributed by atoms with Gasteiger partial charge in [-0.2, -0.15) is 0 Å².